The first-order valence-electron chi connectivity index (χ1n) is 6.77. The molecule has 1 heterocycles. The number of aromatic amines is 1. The summed E-state index contributed by atoms with van der Waals surface area (Å²) < 4.78 is 0. The first-order chi connectivity index (χ1) is 10.4. The standard InChI is InChI=1S/C15H17ClN4O2/c1-8(16)14(21)17-12-7-5-4-6-11(12)15(22)18-13-9(2)19-20-10(13)3/h4-8H,1-3H3,(H,17,21)(H,18,22)(H,19,20)/t8-/m0/s1. The van der Waals surface area contributed by atoms with Crippen molar-refractivity contribution < 1.29 is 9.59 Å². The van der Waals surface area contributed by atoms with E-state index in [9.17, 15) is 9.59 Å². The summed E-state index contributed by atoms with van der Waals surface area (Å²) in [5.74, 6) is -0.691. The van der Waals surface area contributed by atoms with Gasteiger partial charge < -0.3 is 10.6 Å². The SMILES string of the molecule is Cc1n[nH]c(C)c1NC(=O)c1ccccc1NC(=O)[C@H](C)Cl. The first kappa shape index (κ1) is 16.0. The predicted molar refractivity (Wildman–Crippen MR) is 86.4 cm³/mol. The molecule has 0 bridgehead atoms. The Morgan fingerprint density at radius 1 is 1.23 bits per heavy atom. The minimum Gasteiger partial charge on any atom is -0.324 e. The van der Waals surface area contributed by atoms with E-state index < -0.39 is 5.38 Å². The zero-order valence-corrected chi connectivity index (χ0v) is 13.3. The van der Waals surface area contributed by atoms with Crippen LogP contribution in [0.25, 0.3) is 0 Å². The van der Waals surface area contributed by atoms with Gasteiger partial charge in [0.2, 0.25) is 5.91 Å². The van der Waals surface area contributed by atoms with Crippen LogP contribution in [0.5, 0.6) is 0 Å². The van der Waals surface area contributed by atoms with Gasteiger partial charge in [0.1, 0.15) is 5.38 Å². The number of aryl methyl sites for hydroxylation is 2. The zero-order chi connectivity index (χ0) is 16.3. The maximum atomic E-state index is 12.5. The Morgan fingerprint density at radius 2 is 1.91 bits per heavy atom. The summed E-state index contributed by atoms with van der Waals surface area (Å²) in [6, 6.07) is 6.75. The molecule has 0 radical (unpaired) electrons. The number of benzene rings is 1. The van der Waals surface area contributed by atoms with E-state index in [2.05, 4.69) is 20.8 Å². The van der Waals surface area contributed by atoms with E-state index in [4.69, 9.17) is 11.6 Å². The molecule has 2 amide bonds. The number of hydrogen-bond donors (Lipinski definition) is 3. The maximum absolute atomic E-state index is 12.5. The summed E-state index contributed by atoms with van der Waals surface area (Å²) >= 11 is 5.74. The van der Waals surface area contributed by atoms with Gasteiger partial charge in [-0.15, -0.1) is 11.6 Å². The lowest BCUT2D eigenvalue weighted by molar-refractivity contribution is -0.115. The molecule has 22 heavy (non-hydrogen) atoms. The van der Waals surface area contributed by atoms with E-state index in [0.717, 1.165) is 5.69 Å². The largest absolute Gasteiger partial charge is 0.324 e. The lowest BCUT2D eigenvalue weighted by atomic mass is 10.1. The van der Waals surface area contributed by atoms with Gasteiger partial charge in [-0.1, -0.05) is 12.1 Å². The van der Waals surface area contributed by atoms with Crippen molar-refractivity contribution >= 4 is 34.8 Å². The molecule has 2 aromatic rings. The van der Waals surface area contributed by atoms with Gasteiger partial charge in [-0.3, -0.25) is 14.7 Å². The fourth-order valence-corrected chi connectivity index (χ4v) is 1.99. The molecule has 2 rings (SSSR count). The molecular formula is C15H17ClN4O2. The number of carbonyl (C=O) groups is 2. The fourth-order valence-electron chi connectivity index (χ4n) is 1.94. The van der Waals surface area contributed by atoms with Crippen LogP contribution >= 0.6 is 11.6 Å². The molecule has 3 N–H and O–H groups in total. The first-order valence-corrected chi connectivity index (χ1v) is 7.20. The number of carbonyl (C=O) groups excluding carboxylic acids is 2. The maximum Gasteiger partial charge on any atom is 0.257 e. The van der Waals surface area contributed by atoms with Crippen LogP contribution in [0, 0.1) is 13.8 Å². The van der Waals surface area contributed by atoms with Crippen LogP contribution in [0.4, 0.5) is 11.4 Å². The molecule has 6 nitrogen and oxygen atoms in total. The molecule has 1 aromatic heterocycles. The molecule has 0 saturated heterocycles. The van der Waals surface area contributed by atoms with Gasteiger partial charge in [-0.2, -0.15) is 5.10 Å². The lowest BCUT2D eigenvalue weighted by Crippen LogP contribution is -2.23. The van der Waals surface area contributed by atoms with Gasteiger partial charge in [0.15, 0.2) is 0 Å². The Labute approximate surface area is 133 Å². The molecule has 0 spiro atoms. The van der Waals surface area contributed by atoms with E-state index in [1.807, 2.05) is 6.92 Å². The Balaban J connectivity index is 2.25. The second-order valence-corrected chi connectivity index (χ2v) is 5.57. The highest BCUT2D eigenvalue weighted by atomic mass is 35.5. The van der Waals surface area contributed by atoms with Gasteiger partial charge in [0.25, 0.3) is 5.91 Å². The van der Waals surface area contributed by atoms with Crippen LogP contribution in [0.2, 0.25) is 0 Å². The lowest BCUT2D eigenvalue weighted by Gasteiger charge is -2.12. The molecule has 0 aliphatic heterocycles. The van der Waals surface area contributed by atoms with E-state index in [1.54, 1.807) is 38.1 Å². The van der Waals surface area contributed by atoms with Crippen LogP contribution < -0.4 is 10.6 Å². The fraction of sp³-hybridized carbons (Fsp3) is 0.267. The van der Waals surface area contributed by atoms with Crippen LogP contribution in [0.1, 0.15) is 28.7 Å². The molecule has 0 aliphatic carbocycles. The van der Waals surface area contributed by atoms with Crippen molar-refractivity contribution in [1.82, 2.24) is 10.2 Å². The minimum atomic E-state index is -0.686. The third-order valence-electron chi connectivity index (χ3n) is 3.16. The number of nitrogens with one attached hydrogen (secondary N) is 3. The van der Waals surface area contributed by atoms with Crippen LogP contribution in [0.3, 0.4) is 0 Å². The summed E-state index contributed by atoms with van der Waals surface area (Å²) in [5.41, 5.74) is 2.87. The third-order valence-corrected chi connectivity index (χ3v) is 3.36. The highest BCUT2D eigenvalue weighted by Gasteiger charge is 2.17. The molecule has 0 saturated carbocycles. The van der Waals surface area contributed by atoms with E-state index >= 15 is 0 Å². The predicted octanol–water partition coefficient (Wildman–Crippen LogP) is 2.84. The number of para-hydroxylation sites is 1. The van der Waals surface area contributed by atoms with E-state index in [-0.39, 0.29) is 11.8 Å². The average molecular weight is 321 g/mol. The topological polar surface area (TPSA) is 86.9 Å². The van der Waals surface area contributed by atoms with Crippen molar-refractivity contribution in [2.75, 3.05) is 10.6 Å². The molecular weight excluding hydrogens is 304 g/mol. The van der Waals surface area contributed by atoms with E-state index in [0.29, 0.717) is 22.6 Å². The average Bonchev–Trinajstić information content (AvgIpc) is 2.79. The van der Waals surface area contributed by atoms with E-state index in [1.165, 1.54) is 0 Å². The summed E-state index contributed by atoms with van der Waals surface area (Å²) in [6.45, 7) is 5.18. The quantitative estimate of drug-likeness (QED) is 0.757. The summed E-state index contributed by atoms with van der Waals surface area (Å²) in [7, 11) is 0. The number of alkyl halides is 1. The molecule has 1 aromatic carbocycles. The number of halogens is 1. The monoisotopic (exact) mass is 320 g/mol. The van der Waals surface area contributed by atoms with Crippen LogP contribution in [0.15, 0.2) is 24.3 Å². The third kappa shape index (κ3) is 3.46. The Morgan fingerprint density at radius 3 is 2.50 bits per heavy atom. The number of H-pyrrole nitrogens is 1. The summed E-state index contributed by atoms with van der Waals surface area (Å²) in [5, 5.41) is 11.6. The highest BCUT2D eigenvalue weighted by molar-refractivity contribution is 6.32. The second kappa shape index (κ2) is 6.62. The van der Waals surface area contributed by atoms with Gasteiger partial charge in [0, 0.05) is 0 Å². The number of rotatable bonds is 4. The summed E-state index contributed by atoms with van der Waals surface area (Å²) in [4.78, 5) is 24.2. The number of aromatic nitrogens is 2. The van der Waals surface area contributed by atoms with Gasteiger partial charge in [0.05, 0.1) is 28.3 Å². The van der Waals surface area contributed by atoms with Crippen molar-refractivity contribution in [3.63, 3.8) is 0 Å². The number of amides is 2. The molecule has 116 valence electrons. The number of hydrogen-bond acceptors (Lipinski definition) is 3. The van der Waals surface area contributed by atoms with Gasteiger partial charge in [-0.25, -0.2) is 0 Å². The van der Waals surface area contributed by atoms with Crippen molar-refractivity contribution in [1.29, 1.82) is 0 Å². The van der Waals surface area contributed by atoms with Gasteiger partial charge in [-0.05, 0) is 32.9 Å². The molecule has 0 unspecified atom stereocenters. The van der Waals surface area contributed by atoms with Gasteiger partial charge >= 0.3 is 0 Å². The van der Waals surface area contributed by atoms with Crippen molar-refractivity contribution in [3.8, 4) is 0 Å². The number of anilines is 2. The second-order valence-electron chi connectivity index (χ2n) is 4.91. The Hall–Kier alpha value is -2.34. The van der Waals surface area contributed by atoms with Crippen molar-refractivity contribution in [2.24, 2.45) is 0 Å². The smallest absolute Gasteiger partial charge is 0.257 e. The molecule has 0 fully saturated rings. The van der Waals surface area contributed by atoms with Crippen molar-refractivity contribution in [3.05, 3.63) is 41.2 Å². The molecule has 0 aliphatic rings. The molecule has 7 heteroatoms. The number of nitrogens with zero attached hydrogens (tertiary/aromatic N) is 1. The summed E-state index contributed by atoms with van der Waals surface area (Å²) in [6.07, 6.45) is 0. The van der Waals surface area contributed by atoms with Crippen LogP contribution in [-0.2, 0) is 4.79 Å². The molecule has 1 atom stereocenters. The minimum absolute atomic E-state index is 0.328. The zero-order valence-electron chi connectivity index (χ0n) is 12.5. The van der Waals surface area contributed by atoms with Crippen LogP contribution in [-0.4, -0.2) is 27.4 Å². The highest BCUT2D eigenvalue weighted by Crippen LogP contribution is 2.21. The van der Waals surface area contributed by atoms with Crippen molar-refractivity contribution in [2.45, 2.75) is 26.1 Å². The Bertz CT molecular complexity index is 690. The normalized spacial score (nSPS) is 11.8. The Kier molecular flexibility index (Phi) is 4.82.